The number of benzene rings is 1. The molecule has 1 aliphatic rings. The molecule has 0 saturated carbocycles. The Balaban J connectivity index is 2.04. The molecule has 0 fully saturated rings. The van der Waals surface area contributed by atoms with Crippen molar-refractivity contribution in [1.29, 1.82) is 0 Å². The molecule has 0 amide bonds. The summed E-state index contributed by atoms with van der Waals surface area (Å²) >= 11 is 0. The van der Waals surface area contributed by atoms with Crippen LogP contribution in [-0.2, 0) is 6.42 Å². The van der Waals surface area contributed by atoms with E-state index in [2.05, 4.69) is 11.1 Å². The van der Waals surface area contributed by atoms with Gasteiger partial charge in [0, 0.05) is 17.0 Å². The molecule has 2 heterocycles. The van der Waals surface area contributed by atoms with Crippen LogP contribution < -0.4 is 4.74 Å². The van der Waals surface area contributed by atoms with E-state index in [0.717, 1.165) is 47.7 Å². The average Bonchev–Trinajstić information content (AvgIpc) is 2.45. The second-order valence-electron chi connectivity index (χ2n) is 5.37. The van der Waals surface area contributed by atoms with Crippen LogP contribution in [0.1, 0.15) is 40.6 Å². The maximum absolute atomic E-state index is 10.7. The van der Waals surface area contributed by atoms with Crippen molar-refractivity contribution >= 4 is 0 Å². The monoisotopic (exact) mass is 269 g/mol. The number of aliphatic hydroxyl groups excluding tert-OH is 1. The predicted octanol–water partition coefficient (Wildman–Crippen LogP) is 3.11. The first-order valence-corrected chi connectivity index (χ1v) is 7.03. The second kappa shape index (κ2) is 5.25. The van der Waals surface area contributed by atoms with Crippen LogP contribution in [0, 0.1) is 13.8 Å². The van der Waals surface area contributed by atoms with Crippen LogP contribution in [0.25, 0.3) is 0 Å². The maximum Gasteiger partial charge on any atom is 0.128 e. The number of hydrogen-bond acceptors (Lipinski definition) is 3. The fraction of sp³-hybridized carbons (Fsp3) is 0.353. The van der Waals surface area contributed by atoms with Gasteiger partial charge in [0.25, 0.3) is 0 Å². The summed E-state index contributed by atoms with van der Waals surface area (Å²) in [5.41, 5.74) is 4.76. The van der Waals surface area contributed by atoms with Crippen LogP contribution in [0.4, 0.5) is 0 Å². The Morgan fingerprint density at radius 3 is 2.70 bits per heavy atom. The van der Waals surface area contributed by atoms with E-state index in [9.17, 15) is 5.11 Å². The van der Waals surface area contributed by atoms with E-state index in [-0.39, 0.29) is 0 Å². The minimum absolute atomic E-state index is 0.663. The molecule has 20 heavy (non-hydrogen) atoms. The van der Waals surface area contributed by atoms with Gasteiger partial charge in [-0.25, -0.2) is 0 Å². The summed E-state index contributed by atoms with van der Waals surface area (Å²) in [7, 11) is 0. The highest BCUT2D eigenvalue weighted by Crippen LogP contribution is 2.35. The first-order valence-electron chi connectivity index (χ1n) is 7.03. The lowest BCUT2D eigenvalue weighted by atomic mass is 9.95. The Kier molecular flexibility index (Phi) is 3.45. The minimum Gasteiger partial charge on any atom is -0.493 e. The molecule has 1 aromatic heterocycles. The summed E-state index contributed by atoms with van der Waals surface area (Å²) < 4.78 is 5.78. The number of rotatable bonds is 2. The molecule has 3 rings (SSSR count). The normalized spacial score (nSPS) is 15.3. The van der Waals surface area contributed by atoms with Crippen LogP contribution in [0.15, 0.2) is 30.3 Å². The first kappa shape index (κ1) is 13.1. The smallest absolute Gasteiger partial charge is 0.128 e. The van der Waals surface area contributed by atoms with Gasteiger partial charge in [-0.2, -0.15) is 0 Å². The summed E-state index contributed by atoms with van der Waals surface area (Å²) in [4.78, 5) is 4.36. The molecule has 1 unspecified atom stereocenters. The van der Waals surface area contributed by atoms with E-state index in [1.54, 1.807) is 0 Å². The van der Waals surface area contributed by atoms with Gasteiger partial charge in [-0.15, -0.1) is 0 Å². The Bertz CT molecular complexity index is 617. The highest BCUT2D eigenvalue weighted by atomic mass is 16.5. The van der Waals surface area contributed by atoms with E-state index < -0.39 is 6.10 Å². The van der Waals surface area contributed by atoms with Crippen LogP contribution in [0.2, 0.25) is 0 Å². The summed E-state index contributed by atoms with van der Waals surface area (Å²) in [5, 5.41) is 10.7. The predicted molar refractivity (Wildman–Crippen MR) is 78.0 cm³/mol. The molecule has 1 N–H and O–H groups in total. The highest BCUT2D eigenvalue weighted by Gasteiger charge is 2.21. The van der Waals surface area contributed by atoms with Crippen molar-refractivity contribution in [3.05, 3.63) is 58.4 Å². The lowest BCUT2D eigenvalue weighted by Crippen LogP contribution is -2.13. The quantitative estimate of drug-likeness (QED) is 0.911. The van der Waals surface area contributed by atoms with E-state index in [0.29, 0.717) is 0 Å². The van der Waals surface area contributed by atoms with Crippen molar-refractivity contribution in [3.63, 3.8) is 0 Å². The van der Waals surface area contributed by atoms with Gasteiger partial charge >= 0.3 is 0 Å². The molecule has 3 nitrogen and oxygen atoms in total. The molecular weight excluding hydrogens is 250 g/mol. The topological polar surface area (TPSA) is 42.4 Å². The zero-order valence-electron chi connectivity index (χ0n) is 11.9. The van der Waals surface area contributed by atoms with Crippen molar-refractivity contribution in [2.45, 2.75) is 32.8 Å². The molecule has 2 aromatic rings. The molecule has 0 spiro atoms. The van der Waals surface area contributed by atoms with E-state index in [1.165, 1.54) is 5.56 Å². The number of aromatic nitrogens is 1. The molecule has 1 aromatic carbocycles. The number of ether oxygens (including phenoxy) is 1. The zero-order valence-corrected chi connectivity index (χ0v) is 11.9. The number of pyridine rings is 1. The third-order valence-electron chi connectivity index (χ3n) is 3.68. The van der Waals surface area contributed by atoms with Gasteiger partial charge in [0.05, 0.1) is 6.61 Å². The van der Waals surface area contributed by atoms with Gasteiger partial charge in [0.2, 0.25) is 0 Å². The summed E-state index contributed by atoms with van der Waals surface area (Å²) in [6.45, 7) is 4.62. The third-order valence-corrected chi connectivity index (χ3v) is 3.68. The lowest BCUT2D eigenvalue weighted by Gasteiger charge is -2.23. The third kappa shape index (κ3) is 2.41. The minimum atomic E-state index is -0.663. The van der Waals surface area contributed by atoms with E-state index in [1.807, 2.05) is 38.1 Å². The van der Waals surface area contributed by atoms with Crippen LogP contribution in [-0.4, -0.2) is 16.7 Å². The van der Waals surface area contributed by atoms with Gasteiger partial charge in [-0.05, 0) is 49.9 Å². The summed E-state index contributed by atoms with van der Waals surface area (Å²) in [5.74, 6) is 0.860. The lowest BCUT2D eigenvalue weighted by molar-refractivity contribution is 0.206. The van der Waals surface area contributed by atoms with E-state index in [4.69, 9.17) is 4.74 Å². The number of fused-ring (bicyclic) bond motifs is 1. The van der Waals surface area contributed by atoms with Crippen molar-refractivity contribution < 1.29 is 9.84 Å². The van der Waals surface area contributed by atoms with Crippen molar-refractivity contribution in [1.82, 2.24) is 4.98 Å². The largest absolute Gasteiger partial charge is 0.493 e. The van der Waals surface area contributed by atoms with Crippen LogP contribution in [0.3, 0.4) is 0 Å². The van der Waals surface area contributed by atoms with Crippen molar-refractivity contribution in [2.24, 2.45) is 0 Å². The van der Waals surface area contributed by atoms with Gasteiger partial charge in [-0.1, -0.05) is 18.2 Å². The summed E-state index contributed by atoms with van der Waals surface area (Å²) in [6.07, 6.45) is 1.40. The fourth-order valence-electron chi connectivity index (χ4n) is 2.83. The van der Waals surface area contributed by atoms with Gasteiger partial charge < -0.3 is 9.84 Å². The molecular formula is C17H19NO2. The van der Waals surface area contributed by atoms with E-state index >= 15 is 0 Å². The average molecular weight is 269 g/mol. The van der Waals surface area contributed by atoms with Gasteiger partial charge in [0.15, 0.2) is 0 Å². The molecule has 104 valence electrons. The number of nitrogens with zero attached hydrogens (tertiary/aromatic N) is 1. The first-order chi connectivity index (χ1) is 9.65. The number of hydrogen-bond donors (Lipinski definition) is 1. The Morgan fingerprint density at radius 2 is 1.95 bits per heavy atom. The summed E-state index contributed by atoms with van der Waals surface area (Å²) in [6, 6.07) is 9.88. The Labute approximate surface area is 119 Å². The molecule has 1 atom stereocenters. The zero-order chi connectivity index (χ0) is 14.1. The fourth-order valence-corrected chi connectivity index (χ4v) is 2.83. The van der Waals surface area contributed by atoms with Crippen molar-refractivity contribution in [2.75, 3.05) is 6.61 Å². The Hall–Kier alpha value is -1.87. The van der Waals surface area contributed by atoms with Crippen LogP contribution >= 0.6 is 0 Å². The SMILES string of the molecule is Cc1cc(C(O)c2cccc3c2OCCC3)cc(C)n1. The molecule has 0 bridgehead atoms. The second-order valence-corrected chi connectivity index (χ2v) is 5.37. The molecule has 0 aliphatic carbocycles. The van der Waals surface area contributed by atoms with Gasteiger partial charge in [-0.3, -0.25) is 4.98 Å². The number of aliphatic hydroxyl groups is 1. The molecule has 0 saturated heterocycles. The van der Waals surface area contributed by atoms with Crippen LogP contribution in [0.5, 0.6) is 5.75 Å². The molecule has 3 heteroatoms. The Morgan fingerprint density at radius 1 is 1.20 bits per heavy atom. The highest BCUT2D eigenvalue weighted by molar-refractivity contribution is 5.47. The van der Waals surface area contributed by atoms with Crippen molar-refractivity contribution in [3.8, 4) is 5.75 Å². The number of aryl methyl sites for hydroxylation is 3. The number of para-hydroxylation sites is 1. The molecule has 1 aliphatic heterocycles. The standard InChI is InChI=1S/C17H19NO2/c1-11-9-14(10-12(2)18-11)16(19)15-7-3-5-13-6-4-8-20-17(13)15/h3,5,7,9-10,16,19H,4,6,8H2,1-2H3. The van der Waals surface area contributed by atoms with Gasteiger partial charge in [0.1, 0.15) is 11.9 Å². The molecule has 0 radical (unpaired) electrons. The maximum atomic E-state index is 10.7.